The van der Waals surface area contributed by atoms with Crippen LogP contribution in [0.3, 0.4) is 0 Å². The number of likely N-dealkylation sites (N-methyl/N-ethyl adjacent to an activating group) is 1. The summed E-state index contributed by atoms with van der Waals surface area (Å²) in [6.45, 7) is -0.857. The van der Waals surface area contributed by atoms with Gasteiger partial charge in [0.1, 0.15) is 0 Å². The second-order valence-electron chi connectivity index (χ2n) is 4.73. The summed E-state index contributed by atoms with van der Waals surface area (Å²) in [4.78, 5) is 13.9. The Labute approximate surface area is 129 Å². The van der Waals surface area contributed by atoms with Gasteiger partial charge < -0.3 is 15.3 Å². The van der Waals surface area contributed by atoms with E-state index in [0.29, 0.717) is 11.4 Å². The SMILES string of the molecule is CN(CC(O)C(F)(F)F)C(=O)Nc1ccc(-n2nccn2)cc1. The Morgan fingerprint density at radius 3 is 2.39 bits per heavy atom. The Kier molecular flexibility index (Phi) is 4.84. The number of hydrogen-bond donors (Lipinski definition) is 2. The summed E-state index contributed by atoms with van der Waals surface area (Å²) < 4.78 is 36.8. The minimum atomic E-state index is -4.77. The molecule has 10 heteroatoms. The molecule has 0 aliphatic rings. The number of aliphatic hydroxyl groups excluding tert-OH is 1. The third-order valence-electron chi connectivity index (χ3n) is 2.94. The van der Waals surface area contributed by atoms with Gasteiger partial charge in [-0.1, -0.05) is 0 Å². The molecule has 2 N–H and O–H groups in total. The molecule has 0 radical (unpaired) electrons. The molecule has 1 atom stereocenters. The molecule has 0 fully saturated rings. The number of urea groups is 1. The molecule has 2 rings (SSSR count). The number of alkyl halides is 3. The predicted molar refractivity (Wildman–Crippen MR) is 75.1 cm³/mol. The molecule has 1 aromatic heterocycles. The summed E-state index contributed by atoms with van der Waals surface area (Å²) in [7, 11) is 1.16. The Balaban J connectivity index is 1.95. The minimum absolute atomic E-state index is 0.388. The van der Waals surface area contributed by atoms with Crippen LogP contribution in [0.5, 0.6) is 0 Å². The van der Waals surface area contributed by atoms with Gasteiger partial charge in [0, 0.05) is 12.7 Å². The smallest absolute Gasteiger partial charge is 0.382 e. The molecule has 124 valence electrons. The molecule has 7 nitrogen and oxygen atoms in total. The average molecular weight is 329 g/mol. The third-order valence-corrected chi connectivity index (χ3v) is 2.94. The van der Waals surface area contributed by atoms with E-state index in [2.05, 4.69) is 15.5 Å². The highest BCUT2D eigenvalue weighted by Crippen LogP contribution is 2.20. The Morgan fingerprint density at radius 2 is 1.87 bits per heavy atom. The highest BCUT2D eigenvalue weighted by molar-refractivity contribution is 5.89. The fraction of sp³-hybridized carbons (Fsp3) is 0.308. The number of hydrogen-bond acceptors (Lipinski definition) is 4. The lowest BCUT2D eigenvalue weighted by Crippen LogP contribution is -2.43. The second kappa shape index (κ2) is 6.65. The van der Waals surface area contributed by atoms with Crippen LogP contribution in [0.4, 0.5) is 23.7 Å². The number of carbonyl (C=O) groups is 1. The van der Waals surface area contributed by atoms with Crippen LogP contribution in [0.1, 0.15) is 0 Å². The zero-order valence-electron chi connectivity index (χ0n) is 12.0. The number of benzene rings is 1. The van der Waals surface area contributed by atoms with Crippen molar-refractivity contribution in [3.05, 3.63) is 36.7 Å². The van der Waals surface area contributed by atoms with Gasteiger partial charge in [0.15, 0.2) is 6.10 Å². The molecule has 0 aliphatic heterocycles. The van der Waals surface area contributed by atoms with Crippen molar-refractivity contribution in [2.24, 2.45) is 0 Å². The van der Waals surface area contributed by atoms with Crippen LogP contribution in [0, 0.1) is 0 Å². The number of carbonyl (C=O) groups excluding carboxylic acids is 1. The normalized spacial score (nSPS) is 12.7. The molecule has 0 aliphatic carbocycles. The highest BCUT2D eigenvalue weighted by atomic mass is 19.4. The largest absolute Gasteiger partial charge is 0.416 e. The first kappa shape index (κ1) is 16.7. The van der Waals surface area contributed by atoms with Crippen LogP contribution >= 0.6 is 0 Å². The van der Waals surface area contributed by atoms with Crippen molar-refractivity contribution >= 4 is 11.7 Å². The van der Waals surface area contributed by atoms with Gasteiger partial charge in [0.25, 0.3) is 0 Å². The molecule has 1 heterocycles. The molecule has 0 spiro atoms. The first-order chi connectivity index (χ1) is 10.8. The molecular formula is C13H14F3N5O2. The maximum Gasteiger partial charge on any atom is 0.416 e. The molecule has 0 saturated heterocycles. The summed E-state index contributed by atoms with van der Waals surface area (Å²) in [5.74, 6) is 0. The maximum atomic E-state index is 12.3. The lowest BCUT2D eigenvalue weighted by Gasteiger charge is -2.22. The van der Waals surface area contributed by atoms with E-state index in [9.17, 15) is 18.0 Å². The lowest BCUT2D eigenvalue weighted by atomic mass is 10.3. The van der Waals surface area contributed by atoms with E-state index in [1.54, 1.807) is 24.3 Å². The van der Waals surface area contributed by atoms with E-state index in [4.69, 9.17) is 5.11 Å². The monoisotopic (exact) mass is 329 g/mol. The van der Waals surface area contributed by atoms with E-state index in [0.717, 1.165) is 11.9 Å². The number of nitrogens with zero attached hydrogens (tertiary/aromatic N) is 4. The van der Waals surface area contributed by atoms with E-state index in [1.165, 1.54) is 17.2 Å². The van der Waals surface area contributed by atoms with Crippen molar-refractivity contribution in [3.63, 3.8) is 0 Å². The summed E-state index contributed by atoms with van der Waals surface area (Å²) >= 11 is 0. The van der Waals surface area contributed by atoms with Gasteiger partial charge in [0.05, 0.1) is 24.6 Å². The first-order valence-electron chi connectivity index (χ1n) is 6.51. The molecule has 0 bridgehead atoms. The summed E-state index contributed by atoms with van der Waals surface area (Å²) in [5, 5.41) is 19.3. The average Bonchev–Trinajstić information content (AvgIpc) is 3.01. The van der Waals surface area contributed by atoms with Crippen molar-refractivity contribution in [1.82, 2.24) is 19.9 Å². The predicted octanol–water partition coefficient (Wildman–Crippen LogP) is 1.65. The highest BCUT2D eigenvalue weighted by Gasteiger charge is 2.39. The standard InChI is InChI=1S/C13H14F3N5O2/c1-20(8-11(22)13(14,15)16)12(23)19-9-2-4-10(5-3-9)21-17-6-7-18-21/h2-7,11,22H,8H2,1H3,(H,19,23). The number of nitrogens with one attached hydrogen (secondary N) is 1. The number of amides is 2. The Hall–Kier alpha value is -2.62. The number of anilines is 1. The number of halogens is 3. The van der Waals surface area contributed by atoms with E-state index < -0.39 is 24.9 Å². The van der Waals surface area contributed by atoms with Crippen LogP contribution in [0.25, 0.3) is 5.69 Å². The third kappa shape index (κ3) is 4.42. The lowest BCUT2D eigenvalue weighted by molar-refractivity contribution is -0.205. The van der Waals surface area contributed by atoms with Gasteiger partial charge >= 0.3 is 12.2 Å². The van der Waals surface area contributed by atoms with Crippen LogP contribution < -0.4 is 5.32 Å². The van der Waals surface area contributed by atoms with E-state index >= 15 is 0 Å². The zero-order chi connectivity index (χ0) is 17.0. The number of aromatic nitrogens is 3. The fourth-order valence-electron chi connectivity index (χ4n) is 1.69. The van der Waals surface area contributed by atoms with E-state index in [-0.39, 0.29) is 0 Å². The van der Waals surface area contributed by atoms with Crippen molar-refractivity contribution in [2.45, 2.75) is 12.3 Å². The molecule has 2 amide bonds. The quantitative estimate of drug-likeness (QED) is 0.893. The topological polar surface area (TPSA) is 83.3 Å². The van der Waals surface area contributed by atoms with Gasteiger partial charge in [-0.25, -0.2) is 4.79 Å². The van der Waals surface area contributed by atoms with Crippen molar-refractivity contribution in [3.8, 4) is 5.69 Å². The molecular weight excluding hydrogens is 315 g/mol. The summed E-state index contributed by atoms with van der Waals surface area (Å²) in [5.41, 5.74) is 1.05. The number of rotatable bonds is 4. The van der Waals surface area contributed by atoms with Crippen LogP contribution in [-0.2, 0) is 0 Å². The van der Waals surface area contributed by atoms with Gasteiger partial charge in [-0.15, -0.1) is 0 Å². The Bertz CT molecular complexity index is 643. The number of aliphatic hydroxyl groups is 1. The molecule has 23 heavy (non-hydrogen) atoms. The van der Waals surface area contributed by atoms with Gasteiger partial charge in [-0.05, 0) is 24.3 Å². The van der Waals surface area contributed by atoms with Crippen LogP contribution in [0.15, 0.2) is 36.7 Å². The summed E-state index contributed by atoms with van der Waals surface area (Å²) in [6, 6.07) is 5.63. The molecule has 1 unspecified atom stereocenters. The first-order valence-corrected chi connectivity index (χ1v) is 6.51. The molecule has 1 aromatic carbocycles. The zero-order valence-corrected chi connectivity index (χ0v) is 12.0. The van der Waals surface area contributed by atoms with Crippen molar-refractivity contribution in [1.29, 1.82) is 0 Å². The Morgan fingerprint density at radius 1 is 1.30 bits per heavy atom. The van der Waals surface area contributed by atoms with Crippen LogP contribution in [0.2, 0.25) is 0 Å². The fourth-order valence-corrected chi connectivity index (χ4v) is 1.69. The molecule has 0 saturated carbocycles. The maximum absolute atomic E-state index is 12.3. The van der Waals surface area contributed by atoms with Gasteiger partial charge in [-0.2, -0.15) is 28.2 Å². The van der Waals surface area contributed by atoms with Crippen molar-refractivity contribution < 1.29 is 23.1 Å². The summed E-state index contributed by atoms with van der Waals surface area (Å²) in [6.07, 6.45) is -4.34. The second-order valence-corrected chi connectivity index (χ2v) is 4.73. The van der Waals surface area contributed by atoms with Crippen LogP contribution in [-0.4, -0.2) is 56.9 Å². The van der Waals surface area contributed by atoms with Gasteiger partial charge in [0.2, 0.25) is 0 Å². The molecule has 2 aromatic rings. The van der Waals surface area contributed by atoms with Gasteiger partial charge in [-0.3, -0.25) is 0 Å². The van der Waals surface area contributed by atoms with E-state index in [1.807, 2.05) is 0 Å². The minimum Gasteiger partial charge on any atom is -0.382 e. The van der Waals surface area contributed by atoms with Crippen molar-refractivity contribution in [2.75, 3.05) is 18.9 Å².